The van der Waals surface area contributed by atoms with Gasteiger partial charge in [-0.3, -0.25) is 0 Å². The third-order valence-electron chi connectivity index (χ3n) is 4.02. The van der Waals surface area contributed by atoms with Crippen molar-refractivity contribution < 1.29 is 9.47 Å². The summed E-state index contributed by atoms with van der Waals surface area (Å²) < 4.78 is 11.3. The van der Waals surface area contributed by atoms with Gasteiger partial charge in [-0.1, -0.05) is 13.8 Å². The Balaban J connectivity index is 2.12. The number of piperidine rings is 1. The van der Waals surface area contributed by atoms with Crippen LogP contribution in [0.15, 0.2) is 18.2 Å². The standard InChI is InChI=1S/C16H26N2O2/c1-4-9-20-15-10-13(5-6-14(15)17)18-8-7-12(2)16(11-18)19-3/h5-6,10,12,16H,4,7-9,11,17H2,1-3H3. The summed E-state index contributed by atoms with van der Waals surface area (Å²) in [4.78, 5) is 2.35. The molecule has 112 valence electrons. The molecule has 0 saturated carbocycles. The molecule has 1 aromatic carbocycles. The minimum atomic E-state index is 0.293. The lowest BCUT2D eigenvalue weighted by molar-refractivity contribution is 0.0498. The van der Waals surface area contributed by atoms with Gasteiger partial charge in [0, 0.05) is 32.0 Å². The number of nitrogens with zero attached hydrogens (tertiary/aromatic N) is 1. The maximum Gasteiger partial charge on any atom is 0.144 e. The topological polar surface area (TPSA) is 47.7 Å². The first-order valence-corrected chi connectivity index (χ1v) is 7.45. The van der Waals surface area contributed by atoms with E-state index in [0.29, 0.717) is 24.3 Å². The summed E-state index contributed by atoms with van der Waals surface area (Å²) in [5.74, 6) is 1.40. The number of hydrogen-bond acceptors (Lipinski definition) is 4. The molecule has 0 radical (unpaired) electrons. The molecule has 4 heteroatoms. The van der Waals surface area contributed by atoms with E-state index < -0.39 is 0 Å². The number of benzene rings is 1. The molecule has 0 bridgehead atoms. The summed E-state index contributed by atoms with van der Waals surface area (Å²) in [5, 5.41) is 0. The van der Waals surface area contributed by atoms with Crippen molar-refractivity contribution >= 4 is 11.4 Å². The van der Waals surface area contributed by atoms with Gasteiger partial charge in [-0.2, -0.15) is 0 Å². The van der Waals surface area contributed by atoms with Crippen LogP contribution in [0, 0.1) is 5.92 Å². The summed E-state index contributed by atoms with van der Waals surface area (Å²) in [6.45, 7) is 7.03. The van der Waals surface area contributed by atoms with E-state index in [2.05, 4.69) is 24.8 Å². The molecule has 1 aromatic rings. The molecule has 2 rings (SSSR count). The van der Waals surface area contributed by atoms with Crippen molar-refractivity contribution in [2.45, 2.75) is 32.8 Å². The predicted octanol–water partition coefficient (Wildman–Crippen LogP) is 2.92. The van der Waals surface area contributed by atoms with Crippen molar-refractivity contribution in [1.29, 1.82) is 0 Å². The Morgan fingerprint density at radius 1 is 1.40 bits per heavy atom. The minimum absolute atomic E-state index is 0.293. The van der Waals surface area contributed by atoms with Gasteiger partial charge < -0.3 is 20.1 Å². The normalized spacial score (nSPS) is 22.9. The summed E-state index contributed by atoms with van der Waals surface area (Å²) in [5.41, 5.74) is 7.84. The maximum atomic E-state index is 5.97. The summed E-state index contributed by atoms with van der Waals surface area (Å²) in [6, 6.07) is 6.05. The van der Waals surface area contributed by atoms with Crippen molar-refractivity contribution in [2.24, 2.45) is 5.92 Å². The van der Waals surface area contributed by atoms with Crippen LogP contribution in [0.1, 0.15) is 26.7 Å². The van der Waals surface area contributed by atoms with Crippen LogP contribution in [0.5, 0.6) is 5.75 Å². The van der Waals surface area contributed by atoms with E-state index >= 15 is 0 Å². The Morgan fingerprint density at radius 3 is 2.90 bits per heavy atom. The minimum Gasteiger partial charge on any atom is -0.491 e. The molecule has 2 unspecified atom stereocenters. The first-order valence-electron chi connectivity index (χ1n) is 7.45. The van der Waals surface area contributed by atoms with E-state index in [0.717, 1.165) is 31.7 Å². The van der Waals surface area contributed by atoms with Gasteiger partial charge in [0.05, 0.1) is 18.4 Å². The fourth-order valence-corrected chi connectivity index (χ4v) is 2.63. The quantitative estimate of drug-likeness (QED) is 0.841. The number of nitrogen functional groups attached to an aromatic ring is 1. The van der Waals surface area contributed by atoms with E-state index in [1.165, 1.54) is 5.69 Å². The van der Waals surface area contributed by atoms with Crippen LogP contribution in [0.25, 0.3) is 0 Å². The smallest absolute Gasteiger partial charge is 0.144 e. The van der Waals surface area contributed by atoms with Crippen LogP contribution in [-0.2, 0) is 4.74 Å². The average molecular weight is 278 g/mol. The molecule has 20 heavy (non-hydrogen) atoms. The van der Waals surface area contributed by atoms with E-state index in [1.807, 2.05) is 12.1 Å². The molecule has 0 spiro atoms. The Kier molecular flexibility index (Phi) is 5.12. The second kappa shape index (κ2) is 6.84. The van der Waals surface area contributed by atoms with Crippen LogP contribution in [0.2, 0.25) is 0 Å². The summed E-state index contributed by atoms with van der Waals surface area (Å²) in [7, 11) is 1.80. The first-order chi connectivity index (χ1) is 9.65. The lowest BCUT2D eigenvalue weighted by Gasteiger charge is -2.37. The monoisotopic (exact) mass is 278 g/mol. The van der Waals surface area contributed by atoms with Gasteiger partial charge in [0.1, 0.15) is 5.75 Å². The highest BCUT2D eigenvalue weighted by molar-refractivity contribution is 5.62. The Morgan fingerprint density at radius 2 is 2.20 bits per heavy atom. The van der Waals surface area contributed by atoms with Gasteiger partial charge in [-0.05, 0) is 30.9 Å². The van der Waals surface area contributed by atoms with Gasteiger partial charge in [0.2, 0.25) is 0 Å². The van der Waals surface area contributed by atoms with Crippen LogP contribution in [-0.4, -0.2) is 32.9 Å². The highest BCUT2D eigenvalue weighted by atomic mass is 16.5. The third kappa shape index (κ3) is 3.37. The van der Waals surface area contributed by atoms with E-state index in [1.54, 1.807) is 7.11 Å². The Bertz CT molecular complexity index is 436. The molecule has 1 aliphatic heterocycles. The number of methoxy groups -OCH3 is 1. The lowest BCUT2D eigenvalue weighted by Crippen LogP contribution is -2.43. The molecular weight excluding hydrogens is 252 g/mol. The number of rotatable bonds is 5. The fourth-order valence-electron chi connectivity index (χ4n) is 2.63. The molecule has 1 fully saturated rings. The van der Waals surface area contributed by atoms with Gasteiger partial charge in [0.15, 0.2) is 0 Å². The molecule has 0 aromatic heterocycles. The van der Waals surface area contributed by atoms with E-state index in [9.17, 15) is 0 Å². The van der Waals surface area contributed by atoms with E-state index in [4.69, 9.17) is 15.2 Å². The zero-order valence-electron chi connectivity index (χ0n) is 12.8. The van der Waals surface area contributed by atoms with Crippen molar-refractivity contribution in [3.63, 3.8) is 0 Å². The van der Waals surface area contributed by atoms with Crippen LogP contribution >= 0.6 is 0 Å². The largest absolute Gasteiger partial charge is 0.491 e. The first kappa shape index (κ1) is 15.0. The van der Waals surface area contributed by atoms with Gasteiger partial charge in [-0.15, -0.1) is 0 Å². The number of nitrogens with two attached hydrogens (primary N) is 1. The van der Waals surface area contributed by atoms with Crippen molar-refractivity contribution in [3.05, 3.63) is 18.2 Å². The van der Waals surface area contributed by atoms with Crippen molar-refractivity contribution in [3.8, 4) is 5.75 Å². The van der Waals surface area contributed by atoms with Crippen molar-refractivity contribution in [1.82, 2.24) is 0 Å². The predicted molar refractivity (Wildman–Crippen MR) is 83.4 cm³/mol. The van der Waals surface area contributed by atoms with Crippen LogP contribution in [0.3, 0.4) is 0 Å². The fraction of sp³-hybridized carbons (Fsp3) is 0.625. The number of hydrogen-bond donors (Lipinski definition) is 1. The molecule has 1 heterocycles. The zero-order valence-corrected chi connectivity index (χ0v) is 12.8. The molecule has 0 amide bonds. The maximum absolute atomic E-state index is 5.97. The van der Waals surface area contributed by atoms with Gasteiger partial charge >= 0.3 is 0 Å². The van der Waals surface area contributed by atoms with Crippen LogP contribution < -0.4 is 15.4 Å². The van der Waals surface area contributed by atoms with E-state index in [-0.39, 0.29) is 0 Å². The molecule has 2 N–H and O–H groups in total. The van der Waals surface area contributed by atoms with Crippen molar-refractivity contribution in [2.75, 3.05) is 37.4 Å². The summed E-state index contributed by atoms with van der Waals surface area (Å²) in [6.07, 6.45) is 2.42. The number of anilines is 2. The Hall–Kier alpha value is -1.42. The molecule has 0 aliphatic carbocycles. The zero-order chi connectivity index (χ0) is 14.5. The number of ether oxygens (including phenoxy) is 2. The molecule has 1 saturated heterocycles. The molecule has 4 nitrogen and oxygen atoms in total. The molecular formula is C16H26N2O2. The summed E-state index contributed by atoms with van der Waals surface area (Å²) >= 11 is 0. The second-order valence-electron chi connectivity index (χ2n) is 5.56. The average Bonchev–Trinajstić information content (AvgIpc) is 2.47. The molecule has 2 atom stereocenters. The molecule has 1 aliphatic rings. The third-order valence-corrected chi connectivity index (χ3v) is 4.02. The highest BCUT2D eigenvalue weighted by Gasteiger charge is 2.26. The SMILES string of the molecule is CCCOc1cc(N2CCC(C)C(OC)C2)ccc1N. The van der Waals surface area contributed by atoms with Crippen LogP contribution in [0.4, 0.5) is 11.4 Å². The highest BCUT2D eigenvalue weighted by Crippen LogP contribution is 2.31. The van der Waals surface area contributed by atoms with Gasteiger partial charge in [-0.25, -0.2) is 0 Å². The Labute approximate surface area is 121 Å². The van der Waals surface area contributed by atoms with Gasteiger partial charge in [0.25, 0.3) is 0 Å². The second-order valence-corrected chi connectivity index (χ2v) is 5.56. The lowest BCUT2D eigenvalue weighted by atomic mass is 9.95.